The minimum Gasteiger partial charge on any atom is -0.326 e. The number of carbonyl (C=O) groups excluding carboxylic acids is 1. The van der Waals surface area contributed by atoms with Crippen molar-refractivity contribution in [3.8, 4) is 5.69 Å². The summed E-state index contributed by atoms with van der Waals surface area (Å²) in [4.78, 5) is 12.3. The molecule has 0 saturated carbocycles. The van der Waals surface area contributed by atoms with E-state index in [1.165, 1.54) is 28.4 Å². The molecule has 6 nitrogen and oxygen atoms in total. The third-order valence-electron chi connectivity index (χ3n) is 4.29. The summed E-state index contributed by atoms with van der Waals surface area (Å²) >= 11 is 0. The van der Waals surface area contributed by atoms with Gasteiger partial charge in [0.15, 0.2) is 5.82 Å². The number of hydrogen-bond donors (Lipinski definition) is 1. The van der Waals surface area contributed by atoms with Crippen LogP contribution in [0.2, 0.25) is 0 Å². The van der Waals surface area contributed by atoms with Gasteiger partial charge in [0, 0.05) is 5.69 Å². The number of aromatic nitrogens is 4. The molecule has 1 aromatic heterocycles. The van der Waals surface area contributed by atoms with Crippen molar-refractivity contribution in [1.82, 2.24) is 20.2 Å². The van der Waals surface area contributed by atoms with Crippen molar-refractivity contribution in [3.63, 3.8) is 0 Å². The van der Waals surface area contributed by atoms with Crippen LogP contribution in [0.1, 0.15) is 36.7 Å². The zero-order valence-corrected chi connectivity index (χ0v) is 15.4. The Bertz CT molecular complexity index is 920. The standard InChI is InChI=1S/C20H22FN5O/c1-3-4-5-15-6-8-16(9-7-15)12-20(27)22-17-10-11-18(21)19(13-17)26-14(2)23-24-25-26/h6-11,13H,3-5,12H2,1-2H3,(H,22,27). The molecule has 0 aliphatic carbocycles. The van der Waals surface area contributed by atoms with Crippen LogP contribution in [-0.2, 0) is 17.6 Å². The van der Waals surface area contributed by atoms with E-state index in [4.69, 9.17) is 0 Å². The number of carbonyl (C=O) groups is 1. The van der Waals surface area contributed by atoms with E-state index in [0.29, 0.717) is 11.5 Å². The van der Waals surface area contributed by atoms with E-state index in [1.54, 1.807) is 6.92 Å². The first-order chi connectivity index (χ1) is 13.1. The Balaban J connectivity index is 1.67. The average Bonchev–Trinajstić information content (AvgIpc) is 3.08. The first-order valence-electron chi connectivity index (χ1n) is 8.99. The van der Waals surface area contributed by atoms with Crippen molar-refractivity contribution in [2.24, 2.45) is 0 Å². The second-order valence-electron chi connectivity index (χ2n) is 6.45. The summed E-state index contributed by atoms with van der Waals surface area (Å²) in [6.45, 7) is 3.84. The van der Waals surface area contributed by atoms with Crippen LogP contribution >= 0.6 is 0 Å². The first-order valence-corrected chi connectivity index (χ1v) is 8.99. The third kappa shape index (κ3) is 4.75. The lowest BCUT2D eigenvalue weighted by Crippen LogP contribution is -2.15. The Morgan fingerprint density at radius 3 is 2.56 bits per heavy atom. The molecule has 0 bridgehead atoms. The van der Waals surface area contributed by atoms with Gasteiger partial charge in [-0.25, -0.2) is 4.39 Å². The van der Waals surface area contributed by atoms with Crippen LogP contribution in [0.3, 0.4) is 0 Å². The molecule has 1 N–H and O–H groups in total. The largest absolute Gasteiger partial charge is 0.326 e. The number of tetrazole rings is 1. The number of unbranched alkanes of at least 4 members (excludes halogenated alkanes) is 1. The van der Waals surface area contributed by atoms with Gasteiger partial charge in [0.1, 0.15) is 11.5 Å². The first kappa shape index (κ1) is 18.7. The number of nitrogens with one attached hydrogen (secondary N) is 1. The van der Waals surface area contributed by atoms with Crippen molar-refractivity contribution in [3.05, 3.63) is 65.2 Å². The van der Waals surface area contributed by atoms with Gasteiger partial charge < -0.3 is 5.32 Å². The maximum atomic E-state index is 14.1. The van der Waals surface area contributed by atoms with Gasteiger partial charge >= 0.3 is 0 Å². The number of anilines is 1. The summed E-state index contributed by atoms with van der Waals surface area (Å²) in [6, 6.07) is 12.4. The Morgan fingerprint density at radius 2 is 1.89 bits per heavy atom. The summed E-state index contributed by atoms with van der Waals surface area (Å²) < 4.78 is 15.4. The smallest absolute Gasteiger partial charge is 0.228 e. The fourth-order valence-electron chi connectivity index (χ4n) is 2.80. The molecule has 0 saturated heterocycles. The fraction of sp³-hybridized carbons (Fsp3) is 0.300. The number of rotatable bonds is 7. The summed E-state index contributed by atoms with van der Waals surface area (Å²) in [6.07, 6.45) is 3.63. The lowest BCUT2D eigenvalue weighted by molar-refractivity contribution is -0.115. The predicted molar refractivity (Wildman–Crippen MR) is 101 cm³/mol. The highest BCUT2D eigenvalue weighted by Gasteiger charge is 2.12. The van der Waals surface area contributed by atoms with Gasteiger partial charge in [-0.1, -0.05) is 37.6 Å². The second-order valence-corrected chi connectivity index (χ2v) is 6.45. The average molecular weight is 367 g/mol. The Labute approximate surface area is 157 Å². The number of amides is 1. The third-order valence-corrected chi connectivity index (χ3v) is 4.29. The SMILES string of the molecule is CCCCc1ccc(CC(=O)Nc2ccc(F)c(-n3nnnc3C)c2)cc1. The molecular formula is C20H22FN5O. The van der Waals surface area contributed by atoms with Crippen LogP contribution in [0.4, 0.5) is 10.1 Å². The van der Waals surface area contributed by atoms with E-state index >= 15 is 0 Å². The van der Waals surface area contributed by atoms with E-state index in [0.717, 1.165) is 24.8 Å². The number of benzene rings is 2. The maximum Gasteiger partial charge on any atom is 0.228 e. The number of halogens is 1. The second kappa shape index (κ2) is 8.53. The molecule has 140 valence electrons. The van der Waals surface area contributed by atoms with Crippen LogP contribution in [0.5, 0.6) is 0 Å². The minimum atomic E-state index is -0.467. The van der Waals surface area contributed by atoms with Crippen LogP contribution in [0.25, 0.3) is 5.69 Å². The molecule has 0 atom stereocenters. The Morgan fingerprint density at radius 1 is 1.15 bits per heavy atom. The number of nitrogens with zero attached hydrogens (tertiary/aromatic N) is 4. The molecule has 1 heterocycles. The van der Waals surface area contributed by atoms with Crippen molar-refractivity contribution < 1.29 is 9.18 Å². The molecular weight excluding hydrogens is 345 g/mol. The lowest BCUT2D eigenvalue weighted by Gasteiger charge is -2.09. The van der Waals surface area contributed by atoms with Crippen LogP contribution in [0, 0.1) is 12.7 Å². The molecule has 3 rings (SSSR count). The molecule has 27 heavy (non-hydrogen) atoms. The van der Waals surface area contributed by atoms with Crippen molar-refractivity contribution in [1.29, 1.82) is 0 Å². The van der Waals surface area contributed by atoms with E-state index in [-0.39, 0.29) is 18.0 Å². The zero-order valence-electron chi connectivity index (χ0n) is 15.4. The van der Waals surface area contributed by atoms with Crippen LogP contribution < -0.4 is 5.32 Å². The molecule has 0 fully saturated rings. The monoisotopic (exact) mass is 367 g/mol. The topological polar surface area (TPSA) is 72.7 Å². The highest BCUT2D eigenvalue weighted by atomic mass is 19.1. The van der Waals surface area contributed by atoms with E-state index in [2.05, 4.69) is 39.9 Å². The van der Waals surface area contributed by atoms with Gasteiger partial charge in [0.05, 0.1) is 6.42 Å². The highest BCUT2D eigenvalue weighted by Crippen LogP contribution is 2.19. The molecule has 0 radical (unpaired) electrons. The van der Waals surface area contributed by atoms with Gasteiger partial charge in [-0.2, -0.15) is 4.68 Å². The maximum absolute atomic E-state index is 14.1. The van der Waals surface area contributed by atoms with Gasteiger partial charge in [-0.05, 0) is 59.5 Å². The lowest BCUT2D eigenvalue weighted by atomic mass is 10.0. The van der Waals surface area contributed by atoms with E-state index < -0.39 is 5.82 Å². The van der Waals surface area contributed by atoms with Crippen molar-refractivity contribution >= 4 is 11.6 Å². The minimum absolute atomic E-state index is 0.165. The summed E-state index contributed by atoms with van der Waals surface area (Å²) in [5.41, 5.74) is 2.90. The van der Waals surface area contributed by atoms with Crippen molar-refractivity contribution in [2.75, 3.05) is 5.32 Å². The van der Waals surface area contributed by atoms with Gasteiger partial charge in [0.25, 0.3) is 0 Å². The van der Waals surface area contributed by atoms with Gasteiger partial charge in [-0.3, -0.25) is 4.79 Å². The molecule has 0 unspecified atom stereocenters. The number of hydrogen-bond acceptors (Lipinski definition) is 4. The van der Waals surface area contributed by atoms with Crippen molar-refractivity contribution in [2.45, 2.75) is 39.5 Å². The summed E-state index contributed by atoms with van der Waals surface area (Å²) in [5.74, 6) is -0.172. The Kier molecular flexibility index (Phi) is 5.90. The molecule has 2 aromatic carbocycles. The molecule has 3 aromatic rings. The molecule has 1 amide bonds. The zero-order chi connectivity index (χ0) is 19.2. The highest BCUT2D eigenvalue weighted by molar-refractivity contribution is 5.92. The molecule has 0 spiro atoms. The number of aryl methyl sites for hydroxylation is 2. The summed E-state index contributed by atoms with van der Waals surface area (Å²) in [5, 5.41) is 13.8. The van der Waals surface area contributed by atoms with Crippen LogP contribution in [-0.4, -0.2) is 26.1 Å². The fourth-order valence-corrected chi connectivity index (χ4v) is 2.80. The van der Waals surface area contributed by atoms with E-state index in [9.17, 15) is 9.18 Å². The summed E-state index contributed by atoms with van der Waals surface area (Å²) in [7, 11) is 0. The molecule has 0 aliphatic rings. The van der Waals surface area contributed by atoms with Crippen LogP contribution in [0.15, 0.2) is 42.5 Å². The molecule has 0 aliphatic heterocycles. The van der Waals surface area contributed by atoms with Gasteiger partial charge in [0.2, 0.25) is 5.91 Å². The predicted octanol–water partition coefficient (Wildman–Crippen LogP) is 3.63. The Hall–Kier alpha value is -3.09. The molecule has 7 heteroatoms. The quantitative estimate of drug-likeness (QED) is 0.692. The van der Waals surface area contributed by atoms with Gasteiger partial charge in [-0.15, -0.1) is 5.10 Å². The van der Waals surface area contributed by atoms with E-state index in [1.807, 2.05) is 12.1 Å². The normalized spacial score (nSPS) is 10.8.